The lowest BCUT2D eigenvalue weighted by molar-refractivity contribution is 0.248. The zero-order valence-corrected chi connectivity index (χ0v) is 10.4. The van der Waals surface area contributed by atoms with E-state index in [0.717, 1.165) is 0 Å². The van der Waals surface area contributed by atoms with Crippen LogP contribution >= 0.6 is 11.8 Å². The van der Waals surface area contributed by atoms with Gasteiger partial charge in [-0.15, -0.1) is 11.8 Å². The van der Waals surface area contributed by atoms with Gasteiger partial charge in [-0.1, -0.05) is 41.5 Å². The Balaban J connectivity index is 2.81. The molecule has 0 N–H and O–H groups in total. The summed E-state index contributed by atoms with van der Waals surface area (Å²) < 4.78 is 0. The van der Waals surface area contributed by atoms with Gasteiger partial charge < -0.3 is 0 Å². The first-order valence-electron chi connectivity index (χ1n) is 4.90. The summed E-state index contributed by atoms with van der Waals surface area (Å²) in [6.07, 6.45) is 0. The molecule has 0 radical (unpaired) electrons. The average molecular weight is 199 g/mol. The zero-order chi connectivity index (χ0) is 10.3. The van der Waals surface area contributed by atoms with Crippen LogP contribution in [0.1, 0.15) is 41.5 Å². The van der Waals surface area contributed by atoms with Crippen LogP contribution in [0.2, 0.25) is 0 Å². The van der Waals surface area contributed by atoms with Crippen molar-refractivity contribution in [3.05, 3.63) is 0 Å². The molecule has 0 spiro atoms. The summed E-state index contributed by atoms with van der Waals surface area (Å²) in [5.41, 5.74) is 2.67. The molecule has 1 rings (SSSR count). The number of rotatable bonds is 0. The third-order valence-corrected chi connectivity index (χ3v) is 3.96. The monoisotopic (exact) mass is 199 g/mol. The van der Waals surface area contributed by atoms with Crippen molar-refractivity contribution in [1.29, 1.82) is 0 Å². The van der Waals surface area contributed by atoms with Crippen LogP contribution in [0.25, 0.3) is 0 Å². The first kappa shape index (κ1) is 11.1. The number of hydrogen-bond donors (Lipinski definition) is 0. The Kier molecular flexibility index (Phi) is 2.82. The summed E-state index contributed by atoms with van der Waals surface area (Å²) >= 11 is 1.89. The molecule has 13 heavy (non-hydrogen) atoms. The fraction of sp³-hybridized carbons (Fsp3) is 0.909. The van der Waals surface area contributed by atoms with E-state index in [-0.39, 0.29) is 5.41 Å². The number of thioether (sulfide) groups is 1. The minimum Gasteiger partial charge on any atom is -0.281 e. The van der Waals surface area contributed by atoms with Crippen LogP contribution in [0, 0.1) is 10.8 Å². The normalized spacial score (nSPS) is 29.7. The van der Waals surface area contributed by atoms with Crippen LogP contribution in [0.4, 0.5) is 0 Å². The second-order valence-electron chi connectivity index (χ2n) is 5.99. The van der Waals surface area contributed by atoms with Gasteiger partial charge in [-0.3, -0.25) is 4.99 Å². The van der Waals surface area contributed by atoms with E-state index in [4.69, 9.17) is 0 Å². The molecule has 1 heterocycles. The second-order valence-corrected chi connectivity index (χ2v) is 6.98. The Bertz CT molecular complexity index is 207. The minimum absolute atomic E-state index is 0.290. The summed E-state index contributed by atoms with van der Waals surface area (Å²) in [5, 5.41) is 0.632. The molecule has 2 heteroatoms. The predicted octanol–water partition coefficient (Wildman–Crippen LogP) is 3.59. The van der Waals surface area contributed by atoms with Crippen molar-refractivity contribution < 1.29 is 0 Å². The smallest absolute Gasteiger partial charge is 0.0681 e. The molecule has 1 aliphatic rings. The van der Waals surface area contributed by atoms with Gasteiger partial charge >= 0.3 is 0 Å². The van der Waals surface area contributed by atoms with Gasteiger partial charge in [-0.05, 0) is 10.8 Å². The first-order valence-corrected chi connectivity index (χ1v) is 5.84. The van der Waals surface area contributed by atoms with Crippen LogP contribution in [-0.2, 0) is 0 Å². The molecule has 2 atom stereocenters. The van der Waals surface area contributed by atoms with Crippen molar-refractivity contribution in [2.75, 3.05) is 0 Å². The van der Waals surface area contributed by atoms with Gasteiger partial charge in [0, 0.05) is 5.25 Å². The molecule has 0 saturated carbocycles. The molecule has 0 amide bonds. The molecule has 0 bridgehead atoms. The van der Waals surface area contributed by atoms with Gasteiger partial charge in [0.05, 0.1) is 11.6 Å². The van der Waals surface area contributed by atoms with E-state index in [1.807, 2.05) is 17.3 Å². The van der Waals surface area contributed by atoms with E-state index in [0.29, 0.717) is 16.7 Å². The highest BCUT2D eigenvalue weighted by Crippen LogP contribution is 2.43. The highest BCUT2D eigenvalue weighted by Gasteiger charge is 2.41. The SMILES string of the molecule is CC(C)(C)C1N=CSC1C(C)(C)C. The third kappa shape index (κ3) is 2.49. The molecule has 0 saturated heterocycles. The van der Waals surface area contributed by atoms with Gasteiger partial charge in [0.2, 0.25) is 0 Å². The largest absolute Gasteiger partial charge is 0.281 e. The molecular weight excluding hydrogens is 178 g/mol. The third-order valence-electron chi connectivity index (χ3n) is 2.46. The summed E-state index contributed by atoms with van der Waals surface area (Å²) in [4.78, 5) is 4.59. The van der Waals surface area contributed by atoms with Crippen molar-refractivity contribution in [3.63, 3.8) is 0 Å². The molecule has 0 aromatic carbocycles. The zero-order valence-electron chi connectivity index (χ0n) is 9.59. The maximum absolute atomic E-state index is 4.59. The molecular formula is C11H21NS. The lowest BCUT2D eigenvalue weighted by Crippen LogP contribution is -2.39. The Labute approximate surface area is 86.4 Å². The Morgan fingerprint density at radius 3 is 1.85 bits per heavy atom. The Morgan fingerprint density at radius 2 is 1.54 bits per heavy atom. The molecule has 2 unspecified atom stereocenters. The van der Waals surface area contributed by atoms with Crippen molar-refractivity contribution in [3.8, 4) is 0 Å². The molecule has 0 aromatic rings. The maximum atomic E-state index is 4.59. The van der Waals surface area contributed by atoms with E-state index in [2.05, 4.69) is 46.5 Å². The van der Waals surface area contributed by atoms with E-state index in [1.54, 1.807) is 0 Å². The summed E-state index contributed by atoms with van der Waals surface area (Å²) in [7, 11) is 0. The molecule has 0 aromatic heterocycles. The van der Waals surface area contributed by atoms with Crippen LogP contribution in [-0.4, -0.2) is 16.8 Å². The molecule has 76 valence electrons. The number of aliphatic imine (C=N–C) groups is 1. The van der Waals surface area contributed by atoms with Crippen molar-refractivity contribution in [2.24, 2.45) is 15.8 Å². The Morgan fingerprint density at radius 1 is 1.00 bits per heavy atom. The fourth-order valence-electron chi connectivity index (χ4n) is 1.67. The van der Waals surface area contributed by atoms with E-state index >= 15 is 0 Å². The standard InChI is InChI=1S/C11H21NS/c1-10(2,3)8-9(11(4,5)6)13-7-12-8/h7-9H,1-6H3. The summed E-state index contributed by atoms with van der Waals surface area (Å²) in [6.45, 7) is 13.7. The van der Waals surface area contributed by atoms with E-state index < -0.39 is 0 Å². The van der Waals surface area contributed by atoms with E-state index in [1.165, 1.54) is 0 Å². The highest BCUT2D eigenvalue weighted by molar-refractivity contribution is 8.13. The lowest BCUT2D eigenvalue weighted by Gasteiger charge is -2.37. The van der Waals surface area contributed by atoms with Crippen LogP contribution in [0.15, 0.2) is 4.99 Å². The summed E-state index contributed by atoms with van der Waals surface area (Å²) in [5.74, 6) is 0. The maximum Gasteiger partial charge on any atom is 0.0681 e. The molecule has 1 nitrogen and oxygen atoms in total. The van der Waals surface area contributed by atoms with Crippen molar-refractivity contribution >= 4 is 17.3 Å². The van der Waals surface area contributed by atoms with E-state index in [9.17, 15) is 0 Å². The van der Waals surface area contributed by atoms with Gasteiger partial charge in [-0.2, -0.15) is 0 Å². The number of hydrogen-bond acceptors (Lipinski definition) is 2. The van der Waals surface area contributed by atoms with Crippen molar-refractivity contribution in [2.45, 2.75) is 52.8 Å². The van der Waals surface area contributed by atoms with Crippen molar-refractivity contribution in [1.82, 2.24) is 0 Å². The van der Waals surface area contributed by atoms with Crippen LogP contribution < -0.4 is 0 Å². The van der Waals surface area contributed by atoms with Crippen LogP contribution in [0.5, 0.6) is 0 Å². The minimum atomic E-state index is 0.290. The molecule has 0 fully saturated rings. The predicted molar refractivity (Wildman–Crippen MR) is 62.6 cm³/mol. The van der Waals surface area contributed by atoms with Gasteiger partial charge in [0.1, 0.15) is 0 Å². The highest BCUT2D eigenvalue weighted by atomic mass is 32.2. The fourth-order valence-corrected chi connectivity index (χ4v) is 3.04. The molecule has 0 aliphatic carbocycles. The lowest BCUT2D eigenvalue weighted by atomic mass is 9.77. The van der Waals surface area contributed by atoms with Gasteiger partial charge in [0.25, 0.3) is 0 Å². The first-order chi connectivity index (χ1) is 5.73. The van der Waals surface area contributed by atoms with Gasteiger partial charge in [0.15, 0.2) is 0 Å². The quantitative estimate of drug-likeness (QED) is 0.581. The van der Waals surface area contributed by atoms with Gasteiger partial charge in [-0.25, -0.2) is 0 Å². The Hall–Kier alpha value is 0.0200. The summed E-state index contributed by atoms with van der Waals surface area (Å²) in [6, 6.07) is 0.470. The van der Waals surface area contributed by atoms with Crippen LogP contribution in [0.3, 0.4) is 0 Å². The second kappa shape index (κ2) is 3.30. The molecule has 1 aliphatic heterocycles. The average Bonchev–Trinajstić information content (AvgIpc) is 2.27. The topological polar surface area (TPSA) is 12.4 Å². The number of nitrogens with zero attached hydrogens (tertiary/aromatic N) is 1.